The maximum atomic E-state index is 13.8. The van der Waals surface area contributed by atoms with Crippen molar-refractivity contribution in [2.24, 2.45) is 5.73 Å². The minimum absolute atomic E-state index is 0.296. The van der Waals surface area contributed by atoms with Crippen LogP contribution < -0.4 is 5.73 Å². The fourth-order valence-corrected chi connectivity index (χ4v) is 2.14. The average Bonchev–Trinajstić information content (AvgIpc) is 2.45. The van der Waals surface area contributed by atoms with Crippen molar-refractivity contribution < 1.29 is 9.13 Å². The Morgan fingerprint density at radius 1 is 1.05 bits per heavy atom. The van der Waals surface area contributed by atoms with E-state index >= 15 is 0 Å². The second-order valence-corrected chi connectivity index (χ2v) is 4.33. The first-order chi connectivity index (χ1) is 9.24. The molecule has 0 saturated heterocycles. The van der Waals surface area contributed by atoms with Crippen molar-refractivity contribution in [3.8, 4) is 0 Å². The third-order valence-corrected chi connectivity index (χ3v) is 3.06. The highest BCUT2D eigenvalue weighted by Gasteiger charge is 2.23. The lowest BCUT2D eigenvalue weighted by Gasteiger charge is -2.25. The second-order valence-electron chi connectivity index (χ2n) is 4.33. The van der Waals surface area contributed by atoms with Crippen LogP contribution >= 0.6 is 0 Å². The number of benzene rings is 2. The van der Waals surface area contributed by atoms with Crippen LogP contribution in [0.4, 0.5) is 4.39 Å². The maximum Gasteiger partial charge on any atom is 0.128 e. The molecule has 0 bridgehead atoms. The maximum absolute atomic E-state index is 13.8. The van der Waals surface area contributed by atoms with Crippen molar-refractivity contribution in [3.63, 3.8) is 0 Å². The number of halogens is 1. The summed E-state index contributed by atoms with van der Waals surface area (Å²) in [7, 11) is 0. The van der Waals surface area contributed by atoms with E-state index in [0.717, 1.165) is 5.56 Å². The van der Waals surface area contributed by atoms with E-state index in [9.17, 15) is 4.39 Å². The van der Waals surface area contributed by atoms with E-state index in [1.807, 2.05) is 37.3 Å². The van der Waals surface area contributed by atoms with E-state index in [-0.39, 0.29) is 11.9 Å². The van der Waals surface area contributed by atoms with E-state index in [1.54, 1.807) is 18.2 Å². The Bertz CT molecular complexity index is 515. The van der Waals surface area contributed by atoms with Crippen LogP contribution in [-0.4, -0.2) is 6.61 Å². The number of nitrogens with two attached hydrogens (primary N) is 1. The molecule has 2 aromatic rings. The lowest BCUT2D eigenvalue weighted by molar-refractivity contribution is 0.0421. The fourth-order valence-electron chi connectivity index (χ4n) is 2.14. The van der Waals surface area contributed by atoms with Crippen LogP contribution in [0.3, 0.4) is 0 Å². The molecule has 0 aliphatic rings. The zero-order chi connectivity index (χ0) is 13.7. The summed E-state index contributed by atoms with van der Waals surface area (Å²) >= 11 is 0. The van der Waals surface area contributed by atoms with Gasteiger partial charge in [-0.3, -0.25) is 0 Å². The Balaban J connectivity index is 2.32. The van der Waals surface area contributed by atoms with E-state index in [0.29, 0.717) is 12.2 Å². The Morgan fingerprint density at radius 3 is 2.32 bits per heavy atom. The van der Waals surface area contributed by atoms with E-state index in [4.69, 9.17) is 10.5 Å². The van der Waals surface area contributed by atoms with Crippen LogP contribution in [0, 0.1) is 5.82 Å². The molecule has 2 nitrogen and oxygen atoms in total. The van der Waals surface area contributed by atoms with Crippen LogP contribution in [0.15, 0.2) is 54.6 Å². The third kappa shape index (κ3) is 3.19. The van der Waals surface area contributed by atoms with Gasteiger partial charge in [-0.15, -0.1) is 0 Å². The molecule has 2 atom stereocenters. The molecule has 2 rings (SSSR count). The summed E-state index contributed by atoms with van der Waals surface area (Å²) < 4.78 is 19.5. The predicted octanol–water partition coefficient (Wildman–Crippen LogP) is 3.60. The van der Waals surface area contributed by atoms with Gasteiger partial charge in [0.05, 0.1) is 6.04 Å². The zero-order valence-corrected chi connectivity index (χ0v) is 10.9. The SMILES string of the molecule is CCOC(c1ccccc1)C(N)c1ccccc1F. The molecule has 19 heavy (non-hydrogen) atoms. The largest absolute Gasteiger partial charge is 0.372 e. The Morgan fingerprint density at radius 2 is 1.68 bits per heavy atom. The highest BCUT2D eigenvalue weighted by atomic mass is 19.1. The molecule has 2 aromatic carbocycles. The Hall–Kier alpha value is -1.71. The summed E-state index contributed by atoms with van der Waals surface area (Å²) in [5.41, 5.74) is 7.63. The van der Waals surface area contributed by atoms with Gasteiger partial charge < -0.3 is 10.5 Å². The Kier molecular flexibility index (Phi) is 4.66. The zero-order valence-electron chi connectivity index (χ0n) is 10.9. The second kappa shape index (κ2) is 6.45. The molecule has 0 spiro atoms. The molecular formula is C16H18FNO. The van der Waals surface area contributed by atoms with Gasteiger partial charge in [0.2, 0.25) is 0 Å². The van der Waals surface area contributed by atoms with E-state index in [1.165, 1.54) is 6.07 Å². The smallest absolute Gasteiger partial charge is 0.128 e. The standard InChI is InChI=1S/C16H18FNO/c1-2-19-16(12-8-4-3-5-9-12)15(18)13-10-6-7-11-14(13)17/h3-11,15-16H,2,18H2,1H3. The van der Waals surface area contributed by atoms with Crippen molar-refractivity contribution in [3.05, 3.63) is 71.5 Å². The molecule has 0 aliphatic carbocycles. The average molecular weight is 259 g/mol. The van der Waals surface area contributed by atoms with Crippen molar-refractivity contribution >= 4 is 0 Å². The molecule has 0 radical (unpaired) electrons. The lowest BCUT2D eigenvalue weighted by Crippen LogP contribution is -2.23. The van der Waals surface area contributed by atoms with Crippen molar-refractivity contribution in [2.45, 2.75) is 19.1 Å². The molecule has 2 unspecified atom stereocenters. The van der Waals surface area contributed by atoms with E-state index < -0.39 is 6.04 Å². The van der Waals surface area contributed by atoms with Crippen LogP contribution in [-0.2, 0) is 4.74 Å². The normalized spacial score (nSPS) is 14.1. The summed E-state index contributed by atoms with van der Waals surface area (Å²) in [6, 6.07) is 15.7. The van der Waals surface area contributed by atoms with Crippen LogP contribution in [0.2, 0.25) is 0 Å². The Labute approximate surface area is 113 Å². The monoisotopic (exact) mass is 259 g/mol. The van der Waals surface area contributed by atoms with Gasteiger partial charge in [-0.25, -0.2) is 4.39 Å². The third-order valence-electron chi connectivity index (χ3n) is 3.06. The first-order valence-electron chi connectivity index (χ1n) is 6.40. The number of hydrogen-bond donors (Lipinski definition) is 1. The van der Waals surface area contributed by atoms with Gasteiger partial charge in [0, 0.05) is 12.2 Å². The van der Waals surface area contributed by atoms with Gasteiger partial charge in [0.1, 0.15) is 11.9 Å². The molecule has 0 aromatic heterocycles. The van der Waals surface area contributed by atoms with Gasteiger partial charge in [-0.05, 0) is 18.6 Å². The minimum Gasteiger partial charge on any atom is -0.372 e. The van der Waals surface area contributed by atoms with Crippen molar-refractivity contribution in [1.82, 2.24) is 0 Å². The van der Waals surface area contributed by atoms with Crippen molar-refractivity contribution in [1.29, 1.82) is 0 Å². The fraction of sp³-hybridized carbons (Fsp3) is 0.250. The quantitative estimate of drug-likeness (QED) is 0.890. The molecule has 0 aliphatic heterocycles. The number of rotatable bonds is 5. The molecule has 3 heteroatoms. The van der Waals surface area contributed by atoms with Crippen LogP contribution in [0.1, 0.15) is 30.2 Å². The summed E-state index contributed by atoms with van der Waals surface area (Å²) in [5, 5.41) is 0. The summed E-state index contributed by atoms with van der Waals surface area (Å²) in [4.78, 5) is 0. The molecular weight excluding hydrogens is 241 g/mol. The number of hydrogen-bond acceptors (Lipinski definition) is 2. The molecule has 0 fully saturated rings. The number of ether oxygens (including phenoxy) is 1. The highest BCUT2D eigenvalue weighted by molar-refractivity contribution is 5.27. The minimum atomic E-state index is -0.524. The molecule has 0 heterocycles. The highest BCUT2D eigenvalue weighted by Crippen LogP contribution is 2.31. The van der Waals surface area contributed by atoms with Gasteiger partial charge in [0.25, 0.3) is 0 Å². The molecule has 0 amide bonds. The first kappa shape index (κ1) is 13.7. The van der Waals surface area contributed by atoms with Gasteiger partial charge in [-0.2, -0.15) is 0 Å². The summed E-state index contributed by atoms with van der Waals surface area (Å²) in [6.07, 6.45) is -0.344. The van der Waals surface area contributed by atoms with Crippen molar-refractivity contribution in [2.75, 3.05) is 6.61 Å². The molecule has 0 saturated carbocycles. The summed E-state index contributed by atoms with van der Waals surface area (Å²) in [5.74, 6) is -0.296. The predicted molar refractivity (Wildman–Crippen MR) is 74.1 cm³/mol. The van der Waals surface area contributed by atoms with Gasteiger partial charge in [0.15, 0.2) is 0 Å². The summed E-state index contributed by atoms with van der Waals surface area (Å²) in [6.45, 7) is 2.44. The van der Waals surface area contributed by atoms with Crippen LogP contribution in [0.25, 0.3) is 0 Å². The molecule has 100 valence electrons. The lowest BCUT2D eigenvalue weighted by atomic mass is 9.96. The molecule has 2 N–H and O–H groups in total. The first-order valence-corrected chi connectivity index (χ1v) is 6.40. The van der Waals surface area contributed by atoms with Gasteiger partial charge >= 0.3 is 0 Å². The van der Waals surface area contributed by atoms with Crippen LogP contribution in [0.5, 0.6) is 0 Å². The van der Waals surface area contributed by atoms with E-state index in [2.05, 4.69) is 0 Å². The van der Waals surface area contributed by atoms with Gasteiger partial charge in [-0.1, -0.05) is 48.5 Å². The topological polar surface area (TPSA) is 35.2 Å².